The van der Waals surface area contributed by atoms with Crippen molar-refractivity contribution in [2.75, 3.05) is 33.4 Å². The van der Waals surface area contributed by atoms with Crippen LogP contribution in [0.1, 0.15) is 44.2 Å². The molecule has 0 bridgehead atoms. The van der Waals surface area contributed by atoms with Gasteiger partial charge in [-0.05, 0) is 29.9 Å². The summed E-state index contributed by atoms with van der Waals surface area (Å²) in [6, 6.07) is 8.38. The Morgan fingerprint density at radius 3 is 2.75 bits per heavy atom. The normalized spacial score (nSPS) is 14.4. The minimum Gasteiger partial charge on any atom is -0.381 e. The Morgan fingerprint density at radius 2 is 2.07 bits per heavy atom. The summed E-state index contributed by atoms with van der Waals surface area (Å²) in [5, 5.41) is 6.65. The van der Waals surface area contributed by atoms with E-state index in [0.29, 0.717) is 25.4 Å². The molecule has 2 rings (SSSR count). The van der Waals surface area contributed by atoms with Crippen LogP contribution in [0.25, 0.3) is 0 Å². The van der Waals surface area contributed by atoms with Gasteiger partial charge in [0.15, 0.2) is 5.96 Å². The standard InChI is InChI=1S/C21H34N4O2.HI/c1-17(2)16-27-12-6-10-23-21(22-3)24-14-18-7-4-8-19(13-18)15-25-11-5-9-20(25)26;/h4,7-8,13,17H,5-6,9-12,14-16H2,1-3H3,(H2,22,23,24);1H. The summed E-state index contributed by atoms with van der Waals surface area (Å²) in [7, 11) is 1.78. The summed E-state index contributed by atoms with van der Waals surface area (Å²) in [5.74, 6) is 1.63. The number of hydrogen-bond acceptors (Lipinski definition) is 3. The van der Waals surface area contributed by atoms with Crippen LogP contribution in [-0.4, -0.2) is 50.1 Å². The number of carbonyl (C=O) groups excluding carboxylic acids is 1. The number of nitrogens with zero attached hydrogens (tertiary/aromatic N) is 2. The highest BCUT2D eigenvalue weighted by Gasteiger charge is 2.19. The van der Waals surface area contributed by atoms with Crippen molar-refractivity contribution >= 4 is 35.8 Å². The van der Waals surface area contributed by atoms with Crippen molar-refractivity contribution in [1.29, 1.82) is 0 Å². The van der Waals surface area contributed by atoms with Crippen LogP contribution in [0.3, 0.4) is 0 Å². The largest absolute Gasteiger partial charge is 0.381 e. The van der Waals surface area contributed by atoms with Gasteiger partial charge in [0, 0.05) is 52.9 Å². The topological polar surface area (TPSA) is 66.0 Å². The molecule has 1 aromatic rings. The second-order valence-corrected chi connectivity index (χ2v) is 7.41. The van der Waals surface area contributed by atoms with Crippen LogP contribution in [0.4, 0.5) is 0 Å². The molecule has 7 heteroatoms. The number of ether oxygens (including phenoxy) is 1. The fourth-order valence-corrected chi connectivity index (χ4v) is 3.04. The van der Waals surface area contributed by atoms with Crippen LogP contribution in [0.15, 0.2) is 29.3 Å². The highest BCUT2D eigenvalue weighted by atomic mass is 127. The van der Waals surface area contributed by atoms with Crippen LogP contribution < -0.4 is 10.6 Å². The van der Waals surface area contributed by atoms with Gasteiger partial charge in [0.2, 0.25) is 5.91 Å². The Hall–Kier alpha value is -1.35. The molecule has 1 saturated heterocycles. The molecule has 1 aliphatic rings. The molecule has 158 valence electrons. The average molecular weight is 502 g/mol. The maximum atomic E-state index is 11.8. The van der Waals surface area contributed by atoms with E-state index in [0.717, 1.165) is 45.1 Å². The van der Waals surface area contributed by atoms with E-state index >= 15 is 0 Å². The average Bonchev–Trinajstić information content (AvgIpc) is 3.05. The van der Waals surface area contributed by atoms with Crippen LogP contribution in [0, 0.1) is 5.92 Å². The summed E-state index contributed by atoms with van der Waals surface area (Å²) in [6.45, 7) is 8.99. The predicted molar refractivity (Wildman–Crippen MR) is 125 cm³/mol. The number of carbonyl (C=O) groups is 1. The first-order valence-electron chi connectivity index (χ1n) is 9.96. The van der Waals surface area contributed by atoms with Crippen molar-refractivity contribution in [3.8, 4) is 0 Å². The molecule has 6 nitrogen and oxygen atoms in total. The van der Waals surface area contributed by atoms with Crippen LogP contribution >= 0.6 is 24.0 Å². The number of benzene rings is 1. The van der Waals surface area contributed by atoms with Gasteiger partial charge < -0.3 is 20.3 Å². The highest BCUT2D eigenvalue weighted by Crippen LogP contribution is 2.15. The third kappa shape index (κ3) is 9.23. The molecule has 0 unspecified atom stereocenters. The fraction of sp³-hybridized carbons (Fsp3) is 0.619. The van der Waals surface area contributed by atoms with E-state index < -0.39 is 0 Å². The second kappa shape index (κ2) is 13.8. The van der Waals surface area contributed by atoms with E-state index in [9.17, 15) is 4.79 Å². The first-order chi connectivity index (χ1) is 13.1. The lowest BCUT2D eigenvalue weighted by Gasteiger charge is -2.16. The SMILES string of the molecule is CN=C(NCCCOCC(C)C)NCc1cccc(CN2CCCC2=O)c1.I. The Bertz CT molecular complexity index is 622. The molecular formula is C21H35IN4O2. The van der Waals surface area contributed by atoms with Gasteiger partial charge in [-0.1, -0.05) is 38.1 Å². The van der Waals surface area contributed by atoms with Gasteiger partial charge in [-0.15, -0.1) is 24.0 Å². The smallest absolute Gasteiger partial charge is 0.222 e. The molecule has 1 aromatic carbocycles. The van der Waals surface area contributed by atoms with Crippen LogP contribution in [0.5, 0.6) is 0 Å². The van der Waals surface area contributed by atoms with Gasteiger partial charge in [-0.25, -0.2) is 0 Å². The molecule has 0 radical (unpaired) electrons. The minimum absolute atomic E-state index is 0. The zero-order valence-corrected chi connectivity index (χ0v) is 19.7. The third-order valence-electron chi connectivity index (χ3n) is 4.43. The fourth-order valence-electron chi connectivity index (χ4n) is 3.04. The maximum Gasteiger partial charge on any atom is 0.222 e. The predicted octanol–water partition coefficient (Wildman–Crippen LogP) is 3.15. The van der Waals surface area contributed by atoms with Crippen molar-refractivity contribution in [3.05, 3.63) is 35.4 Å². The van der Waals surface area contributed by atoms with E-state index in [1.807, 2.05) is 4.90 Å². The molecule has 0 aliphatic carbocycles. The number of likely N-dealkylation sites (tertiary alicyclic amines) is 1. The number of guanidine groups is 1. The molecule has 0 atom stereocenters. The molecule has 1 fully saturated rings. The van der Waals surface area contributed by atoms with Gasteiger partial charge >= 0.3 is 0 Å². The van der Waals surface area contributed by atoms with E-state index in [1.54, 1.807) is 7.05 Å². The number of nitrogens with one attached hydrogen (secondary N) is 2. The number of hydrogen-bond donors (Lipinski definition) is 2. The lowest BCUT2D eigenvalue weighted by atomic mass is 10.1. The molecular weight excluding hydrogens is 467 g/mol. The van der Waals surface area contributed by atoms with Crippen molar-refractivity contribution in [2.45, 2.75) is 46.2 Å². The van der Waals surface area contributed by atoms with Crippen molar-refractivity contribution < 1.29 is 9.53 Å². The number of rotatable bonds is 10. The summed E-state index contributed by atoms with van der Waals surface area (Å²) < 4.78 is 5.59. The van der Waals surface area contributed by atoms with Crippen molar-refractivity contribution in [3.63, 3.8) is 0 Å². The molecule has 0 saturated carbocycles. The third-order valence-corrected chi connectivity index (χ3v) is 4.43. The summed E-state index contributed by atoms with van der Waals surface area (Å²) in [4.78, 5) is 18.0. The molecule has 1 aliphatic heterocycles. The zero-order chi connectivity index (χ0) is 19.5. The lowest BCUT2D eigenvalue weighted by molar-refractivity contribution is -0.128. The van der Waals surface area contributed by atoms with E-state index in [2.05, 4.69) is 53.7 Å². The van der Waals surface area contributed by atoms with Crippen LogP contribution in [0.2, 0.25) is 0 Å². The van der Waals surface area contributed by atoms with Gasteiger partial charge in [0.05, 0.1) is 0 Å². The molecule has 1 heterocycles. The first kappa shape index (κ1) is 24.7. The molecule has 2 N–H and O–H groups in total. The van der Waals surface area contributed by atoms with E-state index in [4.69, 9.17) is 4.74 Å². The van der Waals surface area contributed by atoms with E-state index in [1.165, 1.54) is 11.1 Å². The quantitative estimate of drug-likeness (QED) is 0.223. The van der Waals surface area contributed by atoms with Crippen molar-refractivity contribution in [1.82, 2.24) is 15.5 Å². The maximum absolute atomic E-state index is 11.8. The van der Waals surface area contributed by atoms with E-state index in [-0.39, 0.29) is 29.9 Å². The molecule has 0 aromatic heterocycles. The molecule has 0 spiro atoms. The van der Waals surface area contributed by atoms with Gasteiger partial charge in [0.1, 0.15) is 0 Å². The highest BCUT2D eigenvalue weighted by molar-refractivity contribution is 14.0. The summed E-state index contributed by atoms with van der Waals surface area (Å²) >= 11 is 0. The zero-order valence-electron chi connectivity index (χ0n) is 17.4. The number of aliphatic imine (C=N–C) groups is 1. The van der Waals surface area contributed by atoms with Crippen LogP contribution in [-0.2, 0) is 22.6 Å². The molecule has 1 amide bonds. The monoisotopic (exact) mass is 502 g/mol. The summed E-state index contributed by atoms with van der Waals surface area (Å²) in [6.07, 6.45) is 2.61. The Kier molecular flexibility index (Phi) is 12.1. The van der Waals surface area contributed by atoms with Gasteiger partial charge in [0.25, 0.3) is 0 Å². The van der Waals surface area contributed by atoms with Gasteiger partial charge in [-0.2, -0.15) is 0 Å². The van der Waals surface area contributed by atoms with Crippen molar-refractivity contribution in [2.24, 2.45) is 10.9 Å². The minimum atomic E-state index is 0. The Morgan fingerprint density at radius 1 is 1.29 bits per heavy atom. The Labute approximate surface area is 186 Å². The second-order valence-electron chi connectivity index (χ2n) is 7.41. The number of amides is 1. The van der Waals surface area contributed by atoms with Gasteiger partial charge in [-0.3, -0.25) is 9.79 Å². The number of halogens is 1. The lowest BCUT2D eigenvalue weighted by Crippen LogP contribution is -2.37. The molecule has 28 heavy (non-hydrogen) atoms. The Balaban J connectivity index is 0.00000392. The summed E-state index contributed by atoms with van der Waals surface area (Å²) in [5.41, 5.74) is 2.36. The first-order valence-corrected chi connectivity index (χ1v) is 9.96.